The zero-order valence-electron chi connectivity index (χ0n) is 10.7. The molecule has 0 amide bonds. The number of aliphatic hydroxyl groups is 1. The van der Waals surface area contributed by atoms with E-state index in [9.17, 15) is 5.11 Å². The summed E-state index contributed by atoms with van der Waals surface area (Å²) < 4.78 is 5.18. The number of aryl methyl sites for hydroxylation is 1. The highest BCUT2D eigenvalue weighted by Gasteiger charge is 2.13. The molecule has 1 heterocycles. The zero-order chi connectivity index (χ0) is 13.2. The molecule has 3 nitrogen and oxygen atoms in total. The van der Waals surface area contributed by atoms with E-state index < -0.39 is 5.60 Å². The molecule has 2 aromatic rings. The fourth-order valence-electron chi connectivity index (χ4n) is 1.53. The van der Waals surface area contributed by atoms with Gasteiger partial charge in [-0.2, -0.15) is 0 Å². The third kappa shape index (κ3) is 2.79. The quantitative estimate of drug-likeness (QED) is 0.781. The number of hydrogen-bond acceptors (Lipinski definition) is 3. The van der Waals surface area contributed by atoms with Gasteiger partial charge < -0.3 is 9.63 Å². The Hall–Kier alpha value is -2.05. The lowest BCUT2D eigenvalue weighted by Crippen LogP contribution is -2.14. The Balaban J connectivity index is 2.48. The normalized spacial score (nSPS) is 10.9. The van der Waals surface area contributed by atoms with E-state index >= 15 is 0 Å². The van der Waals surface area contributed by atoms with Crippen LogP contribution in [0.3, 0.4) is 0 Å². The molecule has 0 spiro atoms. The van der Waals surface area contributed by atoms with Crippen LogP contribution in [-0.4, -0.2) is 15.9 Å². The average molecular weight is 241 g/mol. The number of aromatic nitrogens is 1. The minimum absolute atomic E-state index is 0.658. The summed E-state index contributed by atoms with van der Waals surface area (Å²) in [7, 11) is 0. The highest BCUT2D eigenvalue weighted by atomic mass is 16.5. The van der Waals surface area contributed by atoms with Gasteiger partial charge in [-0.15, -0.1) is 0 Å². The van der Waals surface area contributed by atoms with E-state index in [1.165, 1.54) is 0 Å². The van der Waals surface area contributed by atoms with Crippen molar-refractivity contribution in [3.8, 4) is 23.1 Å². The van der Waals surface area contributed by atoms with Crippen LogP contribution >= 0.6 is 0 Å². The second kappa shape index (κ2) is 4.67. The fraction of sp³-hybridized carbons (Fsp3) is 0.267. The van der Waals surface area contributed by atoms with Crippen molar-refractivity contribution in [1.29, 1.82) is 0 Å². The molecule has 1 N–H and O–H groups in total. The molecule has 0 saturated heterocycles. The first-order valence-corrected chi connectivity index (χ1v) is 5.74. The van der Waals surface area contributed by atoms with Gasteiger partial charge in [0.2, 0.25) is 0 Å². The molecule has 0 aliphatic carbocycles. The minimum atomic E-state index is -1.03. The first-order chi connectivity index (χ1) is 8.47. The Morgan fingerprint density at radius 3 is 2.50 bits per heavy atom. The smallest absolute Gasteiger partial charge is 0.149 e. The van der Waals surface area contributed by atoms with Gasteiger partial charge in [0.25, 0.3) is 0 Å². The largest absolute Gasteiger partial charge is 0.378 e. The highest BCUT2D eigenvalue weighted by Crippen LogP contribution is 2.24. The average Bonchev–Trinajstić information content (AvgIpc) is 2.68. The molecule has 3 heteroatoms. The van der Waals surface area contributed by atoms with E-state index in [0.29, 0.717) is 11.5 Å². The van der Waals surface area contributed by atoms with Crippen molar-refractivity contribution in [2.24, 2.45) is 0 Å². The van der Waals surface area contributed by atoms with Gasteiger partial charge in [-0.25, -0.2) is 0 Å². The summed E-state index contributed by atoms with van der Waals surface area (Å²) in [5, 5.41) is 13.7. The van der Waals surface area contributed by atoms with Crippen LogP contribution in [0.5, 0.6) is 0 Å². The molecule has 0 unspecified atom stereocenters. The fourth-order valence-corrected chi connectivity index (χ4v) is 1.53. The van der Waals surface area contributed by atoms with Crippen LogP contribution in [-0.2, 0) is 0 Å². The van der Waals surface area contributed by atoms with Gasteiger partial charge in [0.15, 0.2) is 0 Å². The summed E-state index contributed by atoms with van der Waals surface area (Å²) in [5.41, 5.74) is 1.36. The molecule has 0 bridgehead atoms. The van der Waals surface area contributed by atoms with Gasteiger partial charge in [0.1, 0.15) is 17.1 Å². The van der Waals surface area contributed by atoms with Crippen LogP contribution in [0.15, 0.2) is 34.9 Å². The van der Waals surface area contributed by atoms with E-state index in [0.717, 1.165) is 11.1 Å². The van der Waals surface area contributed by atoms with E-state index in [2.05, 4.69) is 17.0 Å². The molecule has 92 valence electrons. The Morgan fingerprint density at radius 2 is 1.89 bits per heavy atom. The summed E-state index contributed by atoms with van der Waals surface area (Å²) >= 11 is 0. The predicted molar refractivity (Wildman–Crippen MR) is 69.9 cm³/mol. The predicted octanol–water partition coefficient (Wildman–Crippen LogP) is 2.77. The number of nitrogens with zero attached hydrogens (tertiary/aromatic N) is 1. The van der Waals surface area contributed by atoms with Gasteiger partial charge in [-0.05, 0) is 20.8 Å². The monoisotopic (exact) mass is 241 g/mol. The second-order valence-corrected chi connectivity index (χ2v) is 4.64. The van der Waals surface area contributed by atoms with Crippen LogP contribution in [0, 0.1) is 18.8 Å². The van der Waals surface area contributed by atoms with Crippen molar-refractivity contribution in [3.63, 3.8) is 0 Å². The molecule has 0 radical (unpaired) electrons. The molecular weight excluding hydrogens is 226 g/mol. The van der Waals surface area contributed by atoms with E-state index in [1.54, 1.807) is 13.8 Å². The first-order valence-electron chi connectivity index (χ1n) is 5.74. The SMILES string of the molecule is Cc1onc(-c2ccccc2)c1C#CC(C)(C)O. The Kier molecular flexibility index (Phi) is 3.22. The maximum Gasteiger partial charge on any atom is 0.149 e. The highest BCUT2D eigenvalue weighted by molar-refractivity contribution is 5.67. The van der Waals surface area contributed by atoms with Crippen LogP contribution in [0.4, 0.5) is 0 Å². The molecule has 0 atom stereocenters. The summed E-state index contributed by atoms with van der Waals surface area (Å²) in [6.45, 7) is 5.10. The standard InChI is InChI=1S/C15H15NO2/c1-11-13(9-10-15(2,3)17)14(16-18-11)12-7-5-4-6-8-12/h4-8,17H,1-3H3. The minimum Gasteiger partial charge on any atom is -0.378 e. The lowest BCUT2D eigenvalue weighted by atomic mass is 10.1. The maximum absolute atomic E-state index is 9.64. The summed E-state index contributed by atoms with van der Waals surface area (Å²) in [4.78, 5) is 0. The van der Waals surface area contributed by atoms with Crippen LogP contribution in [0.25, 0.3) is 11.3 Å². The van der Waals surface area contributed by atoms with Gasteiger partial charge in [-0.1, -0.05) is 47.3 Å². The lowest BCUT2D eigenvalue weighted by molar-refractivity contribution is 0.143. The molecule has 18 heavy (non-hydrogen) atoms. The van der Waals surface area contributed by atoms with Crippen molar-refractivity contribution in [1.82, 2.24) is 5.16 Å². The zero-order valence-corrected chi connectivity index (χ0v) is 10.7. The molecule has 1 aromatic carbocycles. The van der Waals surface area contributed by atoms with E-state index in [1.807, 2.05) is 37.3 Å². The van der Waals surface area contributed by atoms with E-state index in [4.69, 9.17) is 4.52 Å². The molecule has 0 saturated carbocycles. The Morgan fingerprint density at radius 1 is 1.22 bits per heavy atom. The number of hydrogen-bond donors (Lipinski definition) is 1. The van der Waals surface area contributed by atoms with Crippen molar-refractivity contribution in [2.75, 3.05) is 0 Å². The first kappa shape index (κ1) is 12.4. The van der Waals surface area contributed by atoms with Crippen molar-refractivity contribution < 1.29 is 9.63 Å². The summed E-state index contributed by atoms with van der Waals surface area (Å²) in [6, 6.07) is 9.72. The van der Waals surface area contributed by atoms with Crippen LogP contribution < -0.4 is 0 Å². The Bertz CT molecular complexity index is 595. The third-order valence-electron chi connectivity index (χ3n) is 2.40. The summed E-state index contributed by atoms with van der Waals surface area (Å²) in [6.07, 6.45) is 0. The topological polar surface area (TPSA) is 46.3 Å². The number of rotatable bonds is 1. The van der Waals surface area contributed by atoms with Crippen molar-refractivity contribution in [3.05, 3.63) is 41.7 Å². The lowest BCUT2D eigenvalue weighted by Gasteiger charge is -2.05. The molecule has 2 rings (SSSR count). The second-order valence-electron chi connectivity index (χ2n) is 4.64. The van der Waals surface area contributed by atoms with Crippen LogP contribution in [0.2, 0.25) is 0 Å². The van der Waals surface area contributed by atoms with Gasteiger partial charge in [0, 0.05) is 5.56 Å². The molecular formula is C15H15NO2. The van der Waals surface area contributed by atoms with Gasteiger partial charge >= 0.3 is 0 Å². The van der Waals surface area contributed by atoms with Crippen molar-refractivity contribution >= 4 is 0 Å². The van der Waals surface area contributed by atoms with Gasteiger partial charge in [0.05, 0.1) is 5.56 Å². The summed E-state index contributed by atoms with van der Waals surface area (Å²) in [5.74, 6) is 6.38. The molecule has 0 aliphatic heterocycles. The van der Waals surface area contributed by atoms with Crippen LogP contribution in [0.1, 0.15) is 25.2 Å². The van der Waals surface area contributed by atoms with Crippen molar-refractivity contribution in [2.45, 2.75) is 26.4 Å². The van der Waals surface area contributed by atoms with E-state index in [-0.39, 0.29) is 0 Å². The third-order valence-corrected chi connectivity index (χ3v) is 2.40. The Labute approximate surface area is 106 Å². The molecule has 0 fully saturated rings. The van der Waals surface area contributed by atoms with Gasteiger partial charge in [-0.3, -0.25) is 0 Å². The maximum atomic E-state index is 9.64. The number of benzene rings is 1. The molecule has 1 aromatic heterocycles. The molecule has 0 aliphatic rings.